The third kappa shape index (κ3) is 6.08. The molecule has 0 bridgehead atoms. The summed E-state index contributed by atoms with van der Waals surface area (Å²) in [6.45, 7) is 3.22. The Morgan fingerprint density at radius 3 is 2.39 bits per heavy atom. The van der Waals surface area contributed by atoms with E-state index >= 15 is 0 Å². The lowest BCUT2D eigenvalue weighted by molar-refractivity contribution is -0.150. The van der Waals surface area contributed by atoms with Gasteiger partial charge in [-0.15, -0.1) is 0 Å². The van der Waals surface area contributed by atoms with E-state index in [-0.39, 0.29) is 11.7 Å². The molecule has 10 nitrogen and oxygen atoms in total. The summed E-state index contributed by atoms with van der Waals surface area (Å²) in [5, 5.41) is 23.7. The van der Waals surface area contributed by atoms with E-state index in [9.17, 15) is 29.4 Å². The van der Waals surface area contributed by atoms with Crippen LogP contribution in [0.3, 0.4) is 0 Å². The topological polar surface area (TPSA) is 162 Å². The number of aliphatic hydroxyl groups is 1. The number of amides is 3. The zero-order chi connectivity index (χ0) is 21.4. The molecule has 1 heterocycles. The van der Waals surface area contributed by atoms with Crippen LogP contribution in [-0.2, 0) is 19.2 Å². The molecule has 28 heavy (non-hydrogen) atoms. The van der Waals surface area contributed by atoms with E-state index in [0.29, 0.717) is 25.8 Å². The van der Waals surface area contributed by atoms with E-state index in [1.807, 2.05) is 6.92 Å². The summed E-state index contributed by atoms with van der Waals surface area (Å²) in [5.74, 6) is -3.18. The number of nitrogens with zero attached hydrogens (tertiary/aromatic N) is 1. The predicted octanol–water partition coefficient (Wildman–Crippen LogP) is -1.67. The minimum absolute atomic E-state index is 0.0606. The van der Waals surface area contributed by atoms with Gasteiger partial charge in [-0.2, -0.15) is 12.6 Å². The third-order valence-electron chi connectivity index (χ3n) is 4.95. The quantitative estimate of drug-likeness (QED) is 0.231. The van der Waals surface area contributed by atoms with Gasteiger partial charge in [-0.05, 0) is 18.8 Å². The molecule has 5 unspecified atom stereocenters. The normalized spacial score (nSPS) is 20.8. The summed E-state index contributed by atoms with van der Waals surface area (Å²) in [6, 6.07) is -4.12. The highest BCUT2D eigenvalue weighted by atomic mass is 32.1. The molecule has 6 N–H and O–H groups in total. The van der Waals surface area contributed by atoms with Gasteiger partial charge >= 0.3 is 5.97 Å². The van der Waals surface area contributed by atoms with Gasteiger partial charge in [0.05, 0.1) is 12.6 Å². The van der Waals surface area contributed by atoms with Crippen LogP contribution in [0.1, 0.15) is 33.1 Å². The van der Waals surface area contributed by atoms with Crippen LogP contribution in [-0.4, -0.2) is 81.9 Å². The van der Waals surface area contributed by atoms with Crippen molar-refractivity contribution in [3.05, 3.63) is 0 Å². The number of thiol groups is 1. The molecule has 1 saturated heterocycles. The molecule has 0 saturated carbocycles. The summed E-state index contributed by atoms with van der Waals surface area (Å²) >= 11 is 3.91. The average Bonchev–Trinajstić information content (AvgIpc) is 3.18. The minimum Gasteiger partial charge on any atom is -0.480 e. The smallest absolute Gasteiger partial charge is 0.326 e. The molecule has 5 atom stereocenters. The van der Waals surface area contributed by atoms with Crippen LogP contribution >= 0.6 is 12.6 Å². The lowest BCUT2D eigenvalue weighted by atomic mass is 9.97. The molecule has 0 aromatic rings. The molecule has 0 spiro atoms. The zero-order valence-corrected chi connectivity index (χ0v) is 17.0. The van der Waals surface area contributed by atoms with E-state index < -0.39 is 54.5 Å². The van der Waals surface area contributed by atoms with Gasteiger partial charge in [-0.1, -0.05) is 20.3 Å². The second kappa shape index (κ2) is 11.2. The van der Waals surface area contributed by atoms with Gasteiger partial charge in [0.15, 0.2) is 0 Å². The van der Waals surface area contributed by atoms with E-state index in [4.69, 9.17) is 5.73 Å². The van der Waals surface area contributed by atoms with Crippen LogP contribution in [0.25, 0.3) is 0 Å². The highest BCUT2D eigenvalue weighted by Gasteiger charge is 2.39. The fraction of sp³-hybridized carbons (Fsp3) is 0.765. The number of nitrogens with two attached hydrogens (primary N) is 1. The molecule has 1 aliphatic rings. The minimum atomic E-state index is -1.29. The number of hydrogen-bond donors (Lipinski definition) is 6. The van der Waals surface area contributed by atoms with E-state index in [1.54, 1.807) is 6.92 Å². The van der Waals surface area contributed by atoms with E-state index in [1.165, 1.54) is 4.90 Å². The van der Waals surface area contributed by atoms with Crippen molar-refractivity contribution in [2.45, 2.75) is 57.3 Å². The Labute approximate surface area is 169 Å². The number of likely N-dealkylation sites (tertiary alicyclic amines) is 1. The lowest BCUT2D eigenvalue weighted by Gasteiger charge is -2.31. The number of aliphatic carboxylic acids is 1. The van der Waals surface area contributed by atoms with Gasteiger partial charge in [-0.25, -0.2) is 4.79 Å². The number of rotatable bonds is 10. The van der Waals surface area contributed by atoms with Gasteiger partial charge in [0.1, 0.15) is 18.1 Å². The van der Waals surface area contributed by atoms with Crippen LogP contribution in [0, 0.1) is 5.92 Å². The third-order valence-corrected chi connectivity index (χ3v) is 5.34. The molecule has 11 heteroatoms. The Bertz CT molecular complexity index is 590. The molecule has 0 aromatic carbocycles. The Morgan fingerprint density at radius 1 is 1.25 bits per heavy atom. The number of carboxylic acids is 1. The van der Waals surface area contributed by atoms with Crippen LogP contribution in [0.5, 0.6) is 0 Å². The molecular weight excluding hydrogens is 388 g/mol. The fourth-order valence-electron chi connectivity index (χ4n) is 2.96. The van der Waals surface area contributed by atoms with Crippen molar-refractivity contribution in [2.75, 3.05) is 18.9 Å². The number of carbonyl (C=O) groups excluding carboxylic acids is 3. The first-order valence-corrected chi connectivity index (χ1v) is 9.92. The van der Waals surface area contributed by atoms with Gasteiger partial charge in [0.25, 0.3) is 0 Å². The number of nitrogens with one attached hydrogen (secondary N) is 2. The molecule has 0 radical (unpaired) electrons. The lowest BCUT2D eigenvalue weighted by Crippen LogP contribution is -2.59. The number of aliphatic hydroxyl groups excluding tert-OH is 1. The van der Waals surface area contributed by atoms with Crippen molar-refractivity contribution in [2.24, 2.45) is 11.7 Å². The van der Waals surface area contributed by atoms with Gasteiger partial charge in [0, 0.05) is 12.3 Å². The maximum Gasteiger partial charge on any atom is 0.326 e. The van der Waals surface area contributed by atoms with Gasteiger partial charge in [-0.3, -0.25) is 14.4 Å². The predicted molar refractivity (Wildman–Crippen MR) is 105 cm³/mol. The molecule has 3 amide bonds. The monoisotopic (exact) mass is 418 g/mol. The van der Waals surface area contributed by atoms with Crippen LogP contribution in [0.15, 0.2) is 0 Å². The van der Waals surface area contributed by atoms with Crippen molar-refractivity contribution in [3.8, 4) is 0 Å². The second-order valence-corrected chi connectivity index (χ2v) is 7.30. The van der Waals surface area contributed by atoms with Gasteiger partial charge < -0.3 is 31.5 Å². The van der Waals surface area contributed by atoms with Crippen molar-refractivity contribution in [3.63, 3.8) is 0 Å². The standard InChI is InChI=1S/C17H30N4O6S/c1-3-9(2)13(16(25)21-6-4-5-12(21)17(26)27)20-15(24)11(7-22)19-14(23)10(18)8-28/h9-13,22,28H,3-8,18H2,1-2H3,(H,19,23)(H,20,24)(H,26,27). The highest BCUT2D eigenvalue weighted by molar-refractivity contribution is 7.80. The molecule has 0 aliphatic carbocycles. The summed E-state index contributed by atoms with van der Waals surface area (Å²) in [7, 11) is 0. The summed E-state index contributed by atoms with van der Waals surface area (Å²) < 4.78 is 0. The van der Waals surface area contributed by atoms with Crippen molar-refractivity contribution < 1.29 is 29.4 Å². The molecule has 1 fully saturated rings. The van der Waals surface area contributed by atoms with Crippen molar-refractivity contribution in [1.82, 2.24) is 15.5 Å². The van der Waals surface area contributed by atoms with Crippen molar-refractivity contribution >= 4 is 36.3 Å². The Balaban J connectivity index is 2.92. The SMILES string of the molecule is CCC(C)C(NC(=O)C(CO)NC(=O)C(N)CS)C(=O)N1CCCC1C(=O)O. The first-order chi connectivity index (χ1) is 13.2. The van der Waals surface area contributed by atoms with Crippen molar-refractivity contribution in [1.29, 1.82) is 0 Å². The Morgan fingerprint density at radius 2 is 1.89 bits per heavy atom. The maximum atomic E-state index is 13.0. The highest BCUT2D eigenvalue weighted by Crippen LogP contribution is 2.21. The fourth-order valence-corrected chi connectivity index (χ4v) is 3.12. The van der Waals surface area contributed by atoms with Gasteiger partial charge in [0.2, 0.25) is 17.7 Å². The first kappa shape index (κ1) is 24.2. The summed E-state index contributed by atoms with van der Waals surface area (Å²) in [6.07, 6.45) is 1.49. The van der Waals surface area contributed by atoms with E-state index in [2.05, 4.69) is 23.3 Å². The average molecular weight is 419 g/mol. The molecule has 160 valence electrons. The summed E-state index contributed by atoms with van der Waals surface area (Å²) in [5.41, 5.74) is 5.55. The Hall–Kier alpha value is -1.85. The number of carbonyl (C=O) groups is 4. The van der Waals surface area contributed by atoms with Crippen LogP contribution < -0.4 is 16.4 Å². The Kier molecular flexibility index (Phi) is 9.70. The number of carboxylic acid groups (broad SMARTS) is 1. The second-order valence-electron chi connectivity index (χ2n) is 6.93. The molecule has 1 rings (SSSR count). The zero-order valence-electron chi connectivity index (χ0n) is 16.1. The van der Waals surface area contributed by atoms with Crippen LogP contribution in [0.4, 0.5) is 0 Å². The van der Waals surface area contributed by atoms with Crippen LogP contribution in [0.2, 0.25) is 0 Å². The molecule has 1 aliphatic heterocycles. The summed E-state index contributed by atoms with van der Waals surface area (Å²) in [4.78, 5) is 50.0. The largest absolute Gasteiger partial charge is 0.480 e. The molecule has 0 aromatic heterocycles. The maximum absolute atomic E-state index is 13.0. The first-order valence-electron chi connectivity index (χ1n) is 9.29. The van der Waals surface area contributed by atoms with E-state index in [0.717, 1.165) is 0 Å². The number of hydrogen-bond acceptors (Lipinski definition) is 7. The molecular formula is C17H30N4O6S.